The van der Waals surface area contributed by atoms with Crippen molar-refractivity contribution in [3.05, 3.63) is 29.8 Å². The van der Waals surface area contributed by atoms with E-state index in [0.717, 1.165) is 0 Å². The average molecular weight is 265 g/mol. The summed E-state index contributed by atoms with van der Waals surface area (Å²) in [6, 6.07) is 5.65. The first-order valence-electron chi connectivity index (χ1n) is 6.17. The molecule has 0 aliphatic rings. The number of hydrogen-bond acceptors (Lipinski definition) is 3. The molecule has 104 valence electrons. The molecule has 5 nitrogen and oxygen atoms in total. The van der Waals surface area contributed by atoms with Gasteiger partial charge in [-0.2, -0.15) is 0 Å². The summed E-state index contributed by atoms with van der Waals surface area (Å²) in [6.45, 7) is 3.69. The fourth-order valence-electron chi connectivity index (χ4n) is 1.65. The molecule has 2 N–H and O–H groups in total. The predicted molar refractivity (Wildman–Crippen MR) is 71.3 cm³/mol. The van der Waals surface area contributed by atoms with Crippen LogP contribution < -0.4 is 10.1 Å². The predicted octanol–water partition coefficient (Wildman–Crippen LogP) is 1.92. The van der Waals surface area contributed by atoms with E-state index in [9.17, 15) is 9.59 Å². The van der Waals surface area contributed by atoms with Gasteiger partial charge >= 0.3 is 5.97 Å². The van der Waals surface area contributed by atoms with Crippen LogP contribution >= 0.6 is 0 Å². The van der Waals surface area contributed by atoms with Crippen LogP contribution in [0.5, 0.6) is 5.75 Å². The van der Waals surface area contributed by atoms with Gasteiger partial charge in [0.2, 0.25) is 0 Å². The number of benzene rings is 1. The van der Waals surface area contributed by atoms with Gasteiger partial charge in [-0.05, 0) is 30.2 Å². The number of ether oxygens (including phenoxy) is 1. The molecular formula is C14H19NO4. The minimum absolute atomic E-state index is 0.125. The van der Waals surface area contributed by atoms with Crippen LogP contribution in [0.1, 0.15) is 30.6 Å². The second kappa shape index (κ2) is 6.78. The summed E-state index contributed by atoms with van der Waals surface area (Å²) in [5.74, 6) is -0.889. The van der Waals surface area contributed by atoms with Crippen LogP contribution in [0.3, 0.4) is 0 Å². The topological polar surface area (TPSA) is 75.6 Å². The Morgan fingerprint density at radius 1 is 1.32 bits per heavy atom. The molecule has 0 fully saturated rings. The molecule has 1 amide bonds. The van der Waals surface area contributed by atoms with Crippen LogP contribution in [0.2, 0.25) is 0 Å². The number of carboxylic acids is 1. The van der Waals surface area contributed by atoms with Crippen LogP contribution in [0.4, 0.5) is 0 Å². The Bertz CT molecular complexity index is 441. The molecule has 0 aromatic heterocycles. The number of carbonyl (C=O) groups excluding carboxylic acids is 1. The lowest BCUT2D eigenvalue weighted by atomic mass is 9.99. The van der Waals surface area contributed by atoms with E-state index in [4.69, 9.17) is 9.84 Å². The number of carboxylic acid groups (broad SMARTS) is 1. The van der Waals surface area contributed by atoms with E-state index >= 15 is 0 Å². The maximum absolute atomic E-state index is 12.0. The molecule has 0 saturated heterocycles. The number of nitrogens with one attached hydrogen (secondary N) is 1. The van der Waals surface area contributed by atoms with Crippen LogP contribution in [0.25, 0.3) is 0 Å². The van der Waals surface area contributed by atoms with Crippen molar-refractivity contribution in [1.82, 2.24) is 5.32 Å². The van der Waals surface area contributed by atoms with E-state index < -0.39 is 17.9 Å². The molecule has 0 spiro atoms. The maximum Gasteiger partial charge on any atom is 0.326 e. The molecule has 0 radical (unpaired) electrons. The Kier molecular flexibility index (Phi) is 5.36. The molecule has 0 saturated carbocycles. The van der Waals surface area contributed by atoms with Gasteiger partial charge in [0, 0.05) is 5.56 Å². The number of carbonyl (C=O) groups is 2. The van der Waals surface area contributed by atoms with Crippen molar-refractivity contribution in [2.75, 3.05) is 7.11 Å². The highest BCUT2D eigenvalue weighted by Gasteiger charge is 2.25. The summed E-state index contributed by atoms with van der Waals surface area (Å²) >= 11 is 0. The van der Waals surface area contributed by atoms with Crippen molar-refractivity contribution in [3.63, 3.8) is 0 Å². The van der Waals surface area contributed by atoms with E-state index in [1.165, 1.54) is 0 Å². The molecule has 1 aromatic carbocycles. The van der Waals surface area contributed by atoms with Gasteiger partial charge in [-0.25, -0.2) is 4.79 Å². The Labute approximate surface area is 112 Å². The summed E-state index contributed by atoms with van der Waals surface area (Å²) < 4.78 is 5.00. The number of rotatable bonds is 6. The van der Waals surface area contributed by atoms with Crippen LogP contribution in [0, 0.1) is 5.92 Å². The minimum Gasteiger partial charge on any atom is -0.497 e. The van der Waals surface area contributed by atoms with Crippen molar-refractivity contribution >= 4 is 11.9 Å². The van der Waals surface area contributed by atoms with Crippen LogP contribution in [-0.4, -0.2) is 30.1 Å². The lowest BCUT2D eigenvalue weighted by Crippen LogP contribution is -2.45. The molecule has 1 unspecified atom stereocenters. The molecule has 1 aromatic rings. The zero-order chi connectivity index (χ0) is 14.4. The highest BCUT2D eigenvalue weighted by Crippen LogP contribution is 2.13. The number of aliphatic carboxylic acids is 1. The van der Waals surface area contributed by atoms with E-state index in [1.807, 2.05) is 6.92 Å². The molecule has 0 aliphatic heterocycles. The molecule has 0 heterocycles. The summed E-state index contributed by atoms with van der Waals surface area (Å²) in [7, 11) is 1.54. The number of hydrogen-bond donors (Lipinski definition) is 2. The lowest BCUT2D eigenvalue weighted by Gasteiger charge is -2.20. The Morgan fingerprint density at radius 2 is 1.89 bits per heavy atom. The van der Waals surface area contributed by atoms with E-state index in [-0.39, 0.29) is 5.92 Å². The van der Waals surface area contributed by atoms with E-state index in [1.54, 1.807) is 38.3 Å². The monoisotopic (exact) mass is 265 g/mol. The van der Waals surface area contributed by atoms with Gasteiger partial charge in [0.05, 0.1) is 7.11 Å². The first-order chi connectivity index (χ1) is 8.99. The third kappa shape index (κ3) is 3.98. The molecule has 0 aliphatic carbocycles. The van der Waals surface area contributed by atoms with Gasteiger partial charge in [-0.1, -0.05) is 20.3 Å². The Hall–Kier alpha value is -2.04. The zero-order valence-corrected chi connectivity index (χ0v) is 11.3. The molecule has 1 rings (SSSR count). The van der Waals surface area contributed by atoms with E-state index in [2.05, 4.69) is 5.32 Å². The van der Waals surface area contributed by atoms with Gasteiger partial charge in [0.25, 0.3) is 5.91 Å². The second-order valence-corrected chi connectivity index (χ2v) is 4.40. The third-order valence-electron chi connectivity index (χ3n) is 3.12. The van der Waals surface area contributed by atoms with Crippen LogP contribution in [-0.2, 0) is 4.79 Å². The Morgan fingerprint density at radius 3 is 2.32 bits per heavy atom. The summed E-state index contributed by atoms with van der Waals surface area (Å²) in [5, 5.41) is 11.7. The smallest absolute Gasteiger partial charge is 0.326 e. The van der Waals surface area contributed by atoms with Gasteiger partial charge in [-0.15, -0.1) is 0 Å². The molecule has 19 heavy (non-hydrogen) atoms. The summed E-state index contributed by atoms with van der Waals surface area (Å²) in [5.41, 5.74) is 0.412. The standard InChI is InChI=1S/C14H19NO4/c1-4-9(2)12(14(17)18)15-13(16)10-5-7-11(19-3)8-6-10/h5-9,12H,4H2,1-3H3,(H,15,16)(H,17,18)/t9?,12-/m0/s1. The maximum atomic E-state index is 12.0. The average Bonchev–Trinajstić information content (AvgIpc) is 2.43. The number of methoxy groups -OCH3 is 1. The zero-order valence-electron chi connectivity index (χ0n) is 11.3. The van der Waals surface area contributed by atoms with Gasteiger partial charge in [-0.3, -0.25) is 4.79 Å². The highest BCUT2D eigenvalue weighted by molar-refractivity contribution is 5.96. The van der Waals surface area contributed by atoms with Gasteiger partial charge in [0.15, 0.2) is 0 Å². The molecule has 0 bridgehead atoms. The van der Waals surface area contributed by atoms with E-state index in [0.29, 0.717) is 17.7 Å². The quantitative estimate of drug-likeness (QED) is 0.824. The molecule has 5 heteroatoms. The fourth-order valence-corrected chi connectivity index (χ4v) is 1.65. The normalized spacial score (nSPS) is 13.4. The summed E-state index contributed by atoms with van der Waals surface area (Å²) in [6.07, 6.45) is 0.680. The Balaban J connectivity index is 2.78. The third-order valence-corrected chi connectivity index (χ3v) is 3.12. The highest BCUT2D eigenvalue weighted by atomic mass is 16.5. The van der Waals surface area contributed by atoms with Gasteiger partial charge in [0.1, 0.15) is 11.8 Å². The van der Waals surface area contributed by atoms with Crippen molar-refractivity contribution in [3.8, 4) is 5.75 Å². The van der Waals surface area contributed by atoms with Crippen molar-refractivity contribution in [2.45, 2.75) is 26.3 Å². The second-order valence-electron chi connectivity index (χ2n) is 4.40. The van der Waals surface area contributed by atoms with Crippen molar-refractivity contribution < 1.29 is 19.4 Å². The lowest BCUT2D eigenvalue weighted by molar-refractivity contribution is -0.140. The molecule has 2 atom stereocenters. The number of amides is 1. The van der Waals surface area contributed by atoms with Crippen LogP contribution in [0.15, 0.2) is 24.3 Å². The first kappa shape index (κ1) is 15.0. The first-order valence-corrected chi connectivity index (χ1v) is 6.17. The molecular weight excluding hydrogens is 246 g/mol. The van der Waals surface area contributed by atoms with Gasteiger partial charge < -0.3 is 15.2 Å². The summed E-state index contributed by atoms with van der Waals surface area (Å²) in [4.78, 5) is 23.1. The fraction of sp³-hybridized carbons (Fsp3) is 0.429. The SMILES string of the molecule is CCC(C)[C@H](NC(=O)c1ccc(OC)cc1)C(=O)O. The minimum atomic E-state index is -1.02. The largest absolute Gasteiger partial charge is 0.497 e. The van der Waals surface area contributed by atoms with Crippen molar-refractivity contribution in [1.29, 1.82) is 0 Å². The van der Waals surface area contributed by atoms with Crippen molar-refractivity contribution in [2.24, 2.45) is 5.92 Å².